The van der Waals surface area contributed by atoms with Gasteiger partial charge in [-0.3, -0.25) is 4.79 Å². The van der Waals surface area contributed by atoms with Gasteiger partial charge >= 0.3 is 5.97 Å². The Morgan fingerprint density at radius 3 is 2.10 bits per heavy atom. The van der Waals surface area contributed by atoms with Crippen LogP contribution in [-0.4, -0.2) is 31.3 Å². The molecule has 0 saturated heterocycles. The topological polar surface area (TPSA) is 101 Å². The third-order valence-corrected chi connectivity index (χ3v) is 4.34. The molecular weight excluding hydrogens is 384 g/mol. The van der Waals surface area contributed by atoms with Crippen molar-refractivity contribution in [1.82, 2.24) is 4.98 Å². The van der Waals surface area contributed by atoms with Gasteiger partial charge in [0, 0.05) is 11.3 Å². The number of nitrogens with zero attached hydrogens (tertiary/aromatic N) is 1. The maximum absolute atomic E-state index is 12.0. The highest BCUT2D eigenvalue weighted by molar-refractivity contribution is 5.89. The summed E-state index contributed by atoms with van der Waals surface area (Å²) in [5, 5.41) is 9.27. The van der Waals surface area contributed by atoms with Gasteiger partial charge in [0.05, 0.1) is 12.7 Å². The predicted octanol–water partition coefficient (Wildman–Crippen LogP) is 3.47. The molecule has 1 N–H and O–H groups in total. The molecule has 1 aromatic heterocycles. The number of carbonyl (C=O) groups is 1. The number of nitrogens with one attached hydrogen (secondary N) is 1. The summed E-state index contributed by atoms with van der Waals surface area (Å²) in [5.41, 5.74) is 2.17. The zero-order valence-corrected chi connectivity index (χ0v) is 16.6. The minimum Gasteiger partial charge on any atom is -0.490 e. The molecule has 0 spiro atoms. The van der Waals surface area contributed by atoms with Crippen LogP contribution in [0.4, 0.5) is 0 Å². The van der Waals surface area contributed by atoms with E-state index in [0.29, 0.717) is 41.5 Å². The maximum Gasteiger partial charge on any atom is 0.337 e. The minimum atomic E-state index is -0.399. The van der Waals surface area contributed by atoms with E-state index in [1.54, 1.807) is 61.5 Å². The third kappa shape index (κ3) is 4.86. The van der Waals surface area contributed by atoms with E-state index >= 15 is 0 Å². The van der Waals surface area contributed by atoms with E-state index in [2.05, 4.69) is 9.72 Å². The van der Waals surface area contributed by atoms with E-state index in [-0.39, 0.29) is 5.56 Å². The maximum atomic E-state index is 12.0. The molecule has 0 bridgehead atoms. The molecule has 3 aromatic rings. The number of aromatic nitrogens is 1. The first-order valence-electron chi connectivity index (χ1n) is 9.20. The molecule has 0 aliphatic heterocycles. The summed E-state index contributed by atoms with van der Waals surface area (Å²) in [6.45, 7) is 2.42. The average Bonchev–Trinajstić information content (AvgIpc) is 2.76. The van der Waals surface area contributed by atoms with Gasteiger partial charge in [-0.15, -0.1) is 0 Å². The number of carbonyl (C=O) groups excluding carboxylic acids is 1. The summed E-state index contributed by atoms with van der Waals surface area (Å²) in [5.74, 6) is 0.865. The summed E-state index contributed by atoms with van der Waals surface area (Å²) in [6.07, 6.45) is 0. The number of ether oxygens (including phenoxy) is 3. The van der Waals surface area contributed by atoms with Crippen molar-refractivity contribution in [3.05, 3.63) is 81.8 Å². The van der Waals surface area contributed by atoms with Crippen molar-refractivity contribution in [2.45, 2.75) is 6.92 Å². The molecule has 0 aliphatic rings. The van der Waals surface area contributed by atoms with Crippen LogP contribution in [0.15, 0.2) is 59.4 Å². The van der Waals surface area contributed by atoms with Gasteiger partial charge in [-0.05, 0) is 55.0 Å². The van der Waals surface area contributed by atoms with Gasteiger partial charge in [0.25, 0.3) is 5.56 Å². The Balaban J connectivity index is 1.56. The Hall–Kier alpha value is -4.05. The van der Waals surface area contributed by atoms with Crippen LogP contribution in [0.25, 0.3) is 11.1 Å². The molecule has 0 amide bonds. The SMILES string of the molecule is COC(=O)c1ccc(OCCOc2ccc(-c3cc(C)[nH]c(=O)c3C#N)cc2)cc1. The Kier molecular flexibility index (Phi) is 6.50. The lowest BCUT2D eigenvalue weighted by atomic mass is 10.0. The first-order chi connectivity index (χ1) is 14.5. The first-order valence-corrected chi connectivity index (χ1v) is 9.20. The van der Waals surface area contributed by atoms with Crippen molar-refractivity contribution in [1.29, 1.82) is 5.26 Å². The highest BCUT2D eigenvalue weighted by Gasteiger charge is 2.10. The first kappa shape index (κ1) is 20.7. The van der Waals surface area contributed by atoms with Crippen molar-refractivity contribution in [2.75, 3.05) is 20.3 Å². The number of H-pyrrole nitrogens is 1. The molecule has 1 heterocycles. The second kappa shape index (κ2) is 9.43. The molecule has 3 rings (SSSR count). The molecule has 152 valence electrons. The van der Waals surface area contributed by atoms with Crippen LogP contribution in [0, 0.1) is 18.3 Å². The fourth-order valence-corrected chi connectivity index (χ4v) is 2.88. The number of esters is 1. The number of hydrogen-bond acceptors (Lipinski definition) is 6. The standard InChI is InChI=1S/C23H20N2O5/c1-15-13-20(21(14-24)22(26)25-15)16-3-7-18(8-4-16)29-11-12-30-19-9-5-17(6-10-19)23(27)28-2/h3-10,13H,11-12H2,1-2H3,(H,25,26). The molecule has 0 fully saturated rings. The zero-order chi connectivity index (χ0) is 21.5. The molecule has 2 aromatic carbocycles. The van der Waals surface area contributed by atoms with Crippen LogP contribution in [-0.2, 0) is 4.74 Å². The van der Waals surface area contributed by atoms with Gasteiger partial charge in [0.2, 0.25) is 0 Å². The quantitative estimate of drug-likeness (QED) is 0.478. The van der Waals surface area contributed by atoms with Crippen LogP contribution < -0.4 is 15.0 Å². The lowest BCUT2D eigenvalue weighted by molar-refractivity contribution is 0.0600. The van der Waals surface area contributed by atoms with E-state index in [0.717, 1.165) is 5.56 Å². The predicted molar refractivity (Wildman–Crippen MR) is 111 cm³/mol. The molecule has 0 unspecified atom stereocenters. The molecule has 0 radical (unpaired) electrons. The molecule has 0 atom stereocenters. The summed E-state index contributed by atoms with van der Waals surface area (Å²) in [4.78, 5) is 26.0. The van der Waals surface area contributed by atoms with Crippen molar-refractivity contribution in [2.24, 2.45) is 0 Å². The average molecular weight is 404 g/mol. The van der Waals surface area contributed by atoms with Gasteiger partial charge in [-0.1, -0.05) is 12.1 Å². The fraction of sp³-hybridized carbons (Fsp3) is 0.174. The van der Waals surface area contributed by atoms with Gasteiger partial charge in [-0.25, -0.2) is 4.79 Å². The summed E-state index contributed by atoms with van der Waals surface area (Å²) >= 11 is 0. The van der Waals surface area contributed by atoms with Crippen molar-refractivity contribution in [3.63, 3.8) is 0 Å². The highest BCUT2D eigenvalue weighted by atomic mass is 16.5. The number of rotatable bonds is 7. The van der Waals surface area contributed by atoms with Crippen LogP contribution >= 0.6 is 0 Å². The zero-order valence-electron chi connectivity index (χ0n) is 16.6. The number of aryl methyl sites for hydroxylation is 1. The number of hydrogen-bond donors (Lipinski definition) is 1. The highest BCUT2D eigenvalue weighted by Crippen LogP contribution is 2.24. The van der Waals surface area contributed by atoms with Crippen LogP contribution in [0.3, 0.4) is 0 Å². The van der Waals surface area contributed by atoms with Crippen molar-refractivity contribution >= 4 is 5.97 Å². The Bertz CT molecular complexity index is 1130. The minimum absolute atomic E-state index is 0.0842. The Labute approximate surface area is 173 Å². The lowest BCUT2D eigenvalue weighted by Crippen LogP contribution is -2.12. The van der Waals surface area contributed by atoms with Crippen LogP contribution in [0.1, 0.15) is 21.6 Å². The Morgan fingerprint density at radius 1 is 1.00 bits per heavy atom. The van der Waals surface area contributed by atoms with Crippen LogP contribution in [0.5, 0.6) is 11.5 Å². The molecule has 0 saturated carbocycles. The number of methoxy groups -OCH3 is 1. The number of pyridine rings is 1. The lowest BCUT2D eigenvalue weighted by Gasteiger charge is -2.10. The second-order valence-corrected chi connectivity index (χ2v) is 6.42. The smallest absolute Gasteiger partial charge is 0.337 e. The van der Waals surface area contributed by atoms with Gasteiger partial charge in [-0.2, -0.15) is 5.26 Å². The van der Waals surface area contributed by atoms with E-state index < -0.39 is 11.5 Å². The summed E-state index contributed by atoms with van der Waals surface area (Å²) < 4.78 is 15.9. The van der Waals surface area contributed by atoms with E-state index in [4.69, 9.17) is 9.47 Å². The van der Waals surface area contributed by atoms with Crippen LogP contribution in [0.2, 0.25) is 0 Å². The molecule has 7 heteroatoms. The van der Waals surface area contributed by atoms with E-state index in [9.17, 15) is 14.9 Å². The molecule has 7 nitrogen and oxygen atoms in total. The van der Waals surface area contributed by atoms with Gasteiger partial charge in [0.1, 0.15) is 36.3 Å². The number of aromatic amines is 1. The van der Waals surface area contributed by atoms with Gasteiger partial charge < -0.3 is 19.2 Å². The van der Waals surface area contributed by atoms with E-state index in [1.807, 2.05) is 6.07 Å². The summed E-state index contributed by atoms with van der Waals surface area (Å²) in [6, 6.07) is 17.5. The summed E-state index contributed by atoms with van der Waals surface area (Å²) in [7, 11) is 1.33. The van der Waals surface area contributed by atoms with Crippen molar-refractivity contribution in [3.8, 4) is 28.7 Å². The van der Waals surface area contributed by atoms with Gasteiger partial charge in [0.15, 0.2) is 0 Å². The second-order valence-electron chi connectivity index (χ2n) is 6.42. The number of nitriles is 1. The molecule has 0 aliphatic carbocycles. The normalized spacial score (nSPS) is 10.2. The molecular formula is C23H20N2O5. The monoisotopic (exact) mass is 404 g/mol. The van der Waals surface area contributed by atoms with Crippen molar-refractivity contribution < 1.29 is 19.0 Å². The third-order valence-electron chi connectivity index (χ3n) is 4.34. The fourth-order valence-electron chi connectivity index (χ4n) is 2.88. The number of benzene rings is 2. The molecule has 30 heavy (non-hydrogen) atoms. The van der Waals surface area contributed by atoms with E-state index in [1.165, 1.54) is 7.11 Å². The largest absolute Gasteiger partial charge is 0.490 e. The Morgan fingerprint density at radius 2 is 1.57 bits per heavy atom.